The van der Waals surface area contributed by atoms with Crippen molar-refractivity contribution in [3.05, 3.63) is 0 Å². The zero-order chi connectivity index (χ0) is 22.0. The van der Waals surface area contributed by atoms with E-state index in [1.165, 1.54) is 0 Å². The topological polar surface area (TPSA) is 86.7 Å². The minimum atomic E-state index is -1.33. The molecule has 0 N–H and O–H groups in total. The van der Waals surface area contributed by atoms with Crippen LogP contribution in [0.5, 0.6) is 0 Å². The summed E-state index contributed by atoms with van der Waals surface area (Å²) >= 11 is 0. The fraction of sp³-hybridized carbons (Fsp3) is 0.810. The lowest BCUT2D eigenvalue weighted by Gasteiger charge is -2.39. The zero-order valence-corrected chi connectivity index (χ0v) is 18.7. The van der Waals surface area contributed by atoms with Gasteiger partial charge in [-0.05, 0) is 60.3 Å². The molecule has 6 nitrogen and oxygen atoms in total. The summed E-state index contributed by atoms with van der Waals surface area (Å²) in [5.74, 6) is -4.47. The van der Waals surface area contributed by atoms with Gasteiger partial charge in [-0.1, -0.05) is 27.7 Å². The number of carbonyl (C=O) groups excluding carboxylic acids is 4. The van der Waals surface area contributed by atoms with E-state index < -0.39 is 46.0 Å². The van der Waals surface area contributed by atoms with Gasteiger partial charge in [-0.2, -0.15) is 0 Å². The number of hydrogen-bond donors (Lipinski definition) is 0. The average molecular weight is 385 g/mol. The molecule has 0 aromatic rings. The van der Waals surface area contributed by atoms with Crippen LogP contribution < -0.4 is 0 Å². The van der Waals surface area contributed by atoms with Gasteiger partial charge in [0.25, 0.3) is 0 Å². The lowest BCUT2D eigenvalue weighted by molar-refractivity contribution is -0.186. The third kappa shape index (κ3) is 6.15. The van der Waals surface area contributed by atoms with Crippen molar-refractivity contribution < 1.29 is 28.7 Å². The first-order valence-electron chi connectivity index (χ1n) is 9.39. The molecule has 0 aromatic heterocycles. The van der Waals surface area contributed by atoms with Crippen molar-refractivity contribution in [3.8, 4) is 0 Å². The summed E-state index contributed by atoms with van der Waals surface area (Å²) in [7, 11) is 0. The molecule has 2 atom stereocenters. The largest absolute Gasteiger partial charge is 0.393 e. The Labute approximate surface area is 163 Å². The third-order valence-electron chi connectivity index (χ3n) is 4.81. The maximum Gasteiger partial charge on any atom is 0.320 e. The van der Waals surface area contributed by atoms with Gasteiger partial charge < -0.3 is 9.47 Å². The summed E-state index contributed by atoms with van der Waals surface area (Å²) < 4.78 is 10.2. The fourth-order valence-electron chi connectivity index (χ4n) is 2.59. The first-order valence-corrected chi connectivity index (χ1v) is 9.39. The minimum Gasteiger partial charge on any atom is -0.393 e. The molecule has 156 valence electrons. The molecule has 0 fully saturated rings. The Bertz CT molecular complexity index is 589. The summed E-state index contributed by atoms with van der Waals surface area (Å²) in [6.45, 7) is 18.5. The number of hydrogen-bond acceptors (Lipinski definition) is 6. The van der Waals surface area contributed by atoms with E-state index in [4.69, 9.17) is 9.47 Å². The fourth-order valence-corrected chi connectivity index (χ4v) is 2.59. The Balaban J connectivity index is 5.93. The Kier molecular flexibility index (Phi) is 7.99. The van der Waals surface area contributed by atoms with Gasteiger partial charge >= 0.3 is 23.9 Å². The summed E-state index contributed by atoms with van der Waals surface area (Å²) in [5.41, 5.74) is -3.04. The molecule has 2 unspecified atom stereocenters. The van der Waals surface area contributed by atoms with Crippen molar-refractivity contribution >= 4 is 23.9 Å². The molecule has 0 bridgehead atoms. The van der Waals surface area contributed by atoms with Gasteiger partial charge in [-0.25, -0.2) is 0 Å². The molecule has 0 heterocycles. The number of ether oxygens (including phenoxy) is 2. The van der Waals surface area contributed by atoms with Crippen molar-refractivity contribution in [2.24, 2.45) is 34.0 Å². The van der Waals surface area contributed by atoms with E-state index in [-0.39, 0.29) is 11.8 Å². The summed E-state index contributed by atoms with van der Waals surface area (Å²) in [6.07, 6.45) is 0. The quantitative estimate of drug-likeness (QED) is 0.523. The number of carbonyl (C=O) groups is 4. The van der Waals surface area contributed by atoms with Crippen molar-refractivity contribution in [3.63, 3.8) is 0 Å². The lowest BCUT2D eigenvalue weighted by Crippen LogP contribution is -2.50. The highest BCUT2D eigenvalue weighted by Crippen LogP contribution is 2.42. The number of esters is 4. The summed E-state index contributed by atoms with van der Waals surface area (Å²) in [4.78, 5) is 50.2. The first kappa shape index (κ1) is 25.3. The average Bonchev–Trinajstić information content (AvgIpc) is 2.43. The minimum absolute atomic E-state index is 0.310. The van der Waals surface area contributed by atoms with E-state index in [0.29, 0.717) is 0 Å². The van der Waals surface area contributed by atoms with Gasteiger partial charge in [0, 0.05) is 0 Å². The molecular weight excluding hydrogens is 348 g/mol. The van der Waals surface area contributed by atoms with Crippen LogP contribution in [0, 0.1) is 34.0 Å². The van der Waals surface area contributed by atoms with Crippen LogP contribution in [-0.2, 0) is 28.7 Å². The van der Waals surface area contributed by atoms with Crippen LogP contribution in [-0.4, -0.2) is 23.9 Å². The monoisotopic (exact) mass is 384 g/mol. The van der Waals surface area contributed by atoms with Crippen molar-refractivity contribution in [1.29, 1.82) is 0 Å². The molecule has 0 aliphatic heterocycles. The maximum absolute atomic E-state index is 13.0. The van der Waals surface area contributed by atoms with Gasteiger partial charge in [0.2, 0.25) is 0 Å². The normalized spacial score (nSPS) is 15.9. The predicted molar refractivity (Wildman–Crippen MR) is 102 cm³/mol. The molecule has 0 rings (SSSR count). The summed E-state index contributed by atoms with van der Waals surface area (Å²) in [6, 6.07) is 0. The first-order chi connectivity index (χ1) is 11.9. The van der Waals surface area contributed by atoms with Crippen LogP contribution in [0.2, 0.25) is 0 Å². The highest BCUT2D eigenvalue weighted by Gasteiger charge is 2.52. The van der Waals surface area contributed by atoms with Crippen molar-refractivity contribution in [2.45, 2.75) is 76.2 Å². The zero-order valence-electron chi connectivity index (χ0n) is 18.7. The van der Waals surface area contributed by atoms with Gasteiger partial charge in [0.1, 0.15) is 0 Å². The van der Waals surface area contributed by atoms with E-state index in [1.807, 2.05) is 0 Å². The van der Waals surface area contributed by atoms with Gasteiger partial charge in [0.15, 0.2) is 0 Å². The van der Waals surface area contributed by atoms with Crippen LogP contribution in [0.1, 0.15) is 76.2 Å². The van der Waals surface area contributed by atoms with Gasteiger partial charge in [-0.3, -0.25) is 19.2 Å². The van der Waals surface area contributed by atoms with Crippen LogP contribution in [0.25, 0.3) is 0 Å². The van der Waals surface area contributed by atoms with Crippen LogP contribution in [0.15, 0.2) is 0 Å². The predicted octanol–water partition coefficient (Wildman–Crippen LogP) is 4.15. The number of rotatable bonds is 5. The standard InChI is InChI=1S/C21H36O6/c1-12(2)14(15(22)26-16(23)19(5,6)7)21(11,13(3)4)18(25)27-17(24)20(8,9)10/h12-14H,1-11H3. The van der Waals surface area contributed by atoms with E-state index in [1.54, 1.807) is 76.2 Å². The SMILES string of the molecule is CC(C)C(C(=O)OC(=O)C(C)(C)C)C(C)(C(=O)OC(=O)C(C)(C)C)C(C)C. The molecule has 27 heavy (non-hydrogen) atoms. The molecule has 0 aliphatic carbocycles. The highest BCUT2D eigenvalue weighted by atomic mass is 16.6. The Morgan fingerprint density at radius 3 is 1.30 bits per heavy atom. The van der Waals surface area contributed by atoms with Gasteiger partial charge in [-0.15, -0.1) is 0 Å². The van der Waals surface area contributed by atoms with Crippen molar-refractivity contribution in [2.75, 3.05) is 0 Å². The smallest absolute Gasteiger partial charge is 0.320 e. The molecular formula is C21H36O6. The molecule has 0 spiro atoms. The second-order valence-electron chi connectivity index (χ2n) is 10.0. The molecule has 0 amide bonds. The second-order valence-corrected chi connectivity index (χ2v) is 10.0. The van der Waals surface area contributed by atoms with E-state index >= 15 is 0 Å². The summed E-state index contributed by atoms with van der Waals surface area (Å²) in [5, 5.41) is 0. The van der Waals surface area contributed by atoms with Crippen LogP contribution >= 0.6 is 0 Å². The van der Waals surface area contributed by atoms with E-state index in [0.717, 1.165) is 0 Å². The molecule has 0 saturated carbocycles. The molecule has 0 aromatic carbocycles. The maximum atomic E-state index is 13.0. The molecule has 0 radical (unpaired) electrons. The lowest BCUT2D eigenvalue weighted by atomic mass is 9.65. The highest BCUT2D eigenvalue weighted by molar-refractivity contribution is 5.96. The van der Waals surface area contributed by atoms with Crippen molar-refractivity contribution in [1.82, 2.24) is 0 Å². The Morgan fingerprint density at radius 2 is 1.00 bits per heavy atom. The second kappa shape index (κ2) is 8.53. The Morgan fingerprint density at radius 1 is 0.630 bits per heavy atom. The molecule has 0 aliphatic rings. The third-order valence-corrected chi connectivity index (χ3v) is 4.81. The van der Waals surface area contributed by atoms with Crippen LogP contribution in [0.3, 0.4) is 0 Å². The molecule has 0 saturated heterocycles. The van der Waals surface area contributed by atoms with E-state index in [9.17, 15) is 19.2 Å². The Hall–Kier alpha value is -1.72. The van der Waals surface area contributed by atoms with Gasteiger partial charge in [0.05, 0.1) is 22.2 Å². The molecule has 6 heteroatoms. The van der Waals surface area contributed by atoms with E-state index in [2.05, 4.69) is 0 Å². The van der Waals surface area contributed by atoms with Crippen LogP contribution in [0.4, 0.5) is 0 Å².